The van der Waals surface area contributed by atoms with Crippen molar-refractivity contribution in [1.29, 1.82) is 0 Å². The van der Waals surface area contributed by atoms with Crippen LogP contribution in [-0.4, -0.2) is 11.6 Å². The van der Waals surface area contributed by atoms with Gasteiger partial charge in [-0.2, -0.15) is 5.10 Å². The summed E-state index contributed by atoms with van der Waals surface area (Å²) in [5, 5.41) is 6.92. The number of fused-ring (bicyclic) bond motifs is 3. The van der Waals surface area contributed by atoms with Gasteiger partial charge >= 0.3 is 0 Å². The number of amides is 1. The molecule has 2 aromatic carbocycles. The van der Waals surface area contributed by atoms with E-state index in [1.54, 1.807) is 0 Å². The topological polar surface area (TPSA) is 32.7 Å². The molecule has 1 aliphatic heterocycles. The number of para-hydroxylation sites is 1. The van der Waals surface area contributed by atoms with E-state index in [0.29, 0.717) is 11.4 Å². The molecule has 110 valence electrons. The molecule has 0 radical (unpaired) electrons. The van der Waals surface area contributed by atoms with Crippen LogP contribution in [-0.2, 0) is 11.2 Å². The van der Waals surface area contributed by atoms with Crippen molar-refractivity contribution in [3.8, 4) is 0 Å². The van der Waals surface area contributed by atoms with Gasteiger partial charge in [-0.05, 0) is 42.7 Å². The molecule has 22 heavy (non-hydrogen) atoms. The van der Waals surface area contributed by atoms with Crippen LogP contribution in [0.5, 0.6) is 0 Å². The molecular weight excluding hydrogens is 296 g/mol. The third-order valence-corrected chi connectivity index (χ3v) is 4.60. The normalized spacial score (nSPS) is 20.2. The van der Waals surface area contributed by atoms with E-state index in [-0.39, 0.29) is 11.8 Å². The highest BCUT2D eigenvalue weighted by atomic mass is 35.5. The van der Waals surface area contributed by atoms with E-state index in [0.717, 1.165) is 29.8 Å². The van der Waals surface area contributed by atoms with Crippen LogP contribution >= 0.6 is 11.6 Å². The summed E-state index contributed by atoms with van der Waals surface area (Å²) in [5.41, 5.74) is 4.17. The molecule has 0 bridgehead atoms. The average molecular weight is 311 g/mol. The summed E-state index contributed by atoms with van der Waals surface area (Å²) >= 11 is 6.15. The Balaban J connectivity index is 1.83. The molecule has 1 aliphatic carbocycles. The number of nitrogens with zero attached hydrogens (tertiary/aromatic N) is 2. The van der Waals surface area contributed by atoms with Gasteiger partial charge in [0.1, 0.15) is 0 Å². The smallest absolute Gasteiger partial charge is 0.248 e. The van der Waals surface area contributed by atoms with Crippen molar-refractivity contribution in [2.75, 3.05) is 5.01 Å². The van der Waals surface area contributed by atoms with Gasteiger partial charge in [0.25, 0.3) is 0 Å². The molecule has 4 rings (SSSR count). The quantitative estimate of drug-likeness (QED) is 0.782. The van der Waals surface area contributed by atoms with Gasteiger partial charge in [-0.1, -0.05) is 35.9 Å². The van der Waals surface area contributed by atoms with E-state index < -0.39 is 0 Å². The Bertz CT molecular complexity index is 770. The van der Waals surface area contributed by atoms with Crippen LogP contribution in [0.1, 0.15) is 24.0 Å². The molecule has 2 aliphatic rings. The van der Waals surface area contributed by atoms with Crippen molar-refractivity contribution in [2.24, 2.45) is 11.0 Å². The Morgan fingerprint density at radius 2 is 1.95 bits per heavy atom. The summed E-state index contributed by atoms with van der Waals surface area (Å²) in [6.07, 6.45) is 2.47. The van der Waals surface area contributed by atoms with E-state index in [2.05, 4.69) is 11.2 Å². The van der Waals surface area contributed by atoms with Crippen LogP contribution in [0.3, 0.4) is 0 Å². The molecule has 0 spiro atoms. The van der Waals surface area contributed by atoms with Crippen molar-refractivity contribution in [1.82, 2.24) is 0 Å². The Kier molecular flexibility index (Phi) is 3.23. The number of hydrogen-bond acceptors (Lipinski definition) is 2. The first-order valence-electron chi connectivity index (χ1n) is 7.47. The molecule has 2 aromatic rings. The first-order valence-corrected chi connectivity index (χ1v) is 7.85. The molecule has 0 saturated heterocycles. The zero-order valence-corrected chi connectivity index (χ0v) is 12.8. The van der Waals surface area contributed by atoms with Gasteiger partial charge in [0.2, 0.25) is 5.91 Å². The highest BCUT2D eigenvalue weighted by Crippen LogP contribution is 2.34. The Hall–Kier alpha value is -2.13. The highest BCUT2D eigenvalue weighted by molar-refractivity contribution is 6.31. The summed E-state index contributed by atoms with van der Waals surface area (Å²) < 4.78 is 0. The highest BCUT2D eigenvalue weighted by Gasteiger charge is 2.34. The zero-order chi connectivity index (χ0) is 15.1. The van der Waals surface area contributed by atoms with Crippen molar-refractivity contribution in [3.63, 3.8) is 0 Å². The summed E-state index contributed by atoms with van der Waals surface area (Å²) in [7, 11) is 0. The summed E-state index contributed by atoms with van der Waals surface area (Å²) in [4.78, 5) is 12.4. The number of carbonyl (C=O) groups excluding carboxylic acids is 1. The predicted octanol–water partition coefficient (Wildman–Crippen LogP) is 4.04. The molecule has 1 heterocycles. The molecule has 1 atom stereocenters. The van der Waals surface area contributed by atoms with Gasteiger partial charge in [-0.3, -0.25) is 4.79 Å². The lowest BCUT2D eigenvalue weighted by molar-refractivity contribution is -0.119. The minimum absolute atomic E-state index is 0.0606. The number of halogens is 1. The fourth-order valence-electron chi connectivity index (χ4n) is 3.26. The maximum atomic E-state index is 12.4. The van der Waals surface area contributed by atoms with E-state index in [9.17, 15) is 4.79 Å². The van der Waals surface area contributed by atoms with Crippen LogP contribution in [0.2, 0.25) is 5.02 Å². The fourth-order valence-corrected chi connectivity index (χ4v) is 3.43. The van der Waals surface area contributed by atoms with Crippen LogP contribution < -0.4 is 5.01 Å². The third kappa shape index (κ3) is 2.22. The van der Waals surface area contributed by atoms with Gasteiger partial charge in [0.15, 0.2) is 0 Å². The summed E-state index contributed by atoms with van der Waals surface area (Å²) in [6.45, 7) is 0. The average Bonchev–Trinajstić information content (AvgIpc) is 2.55. The number of hydrogen-bond donors (Lipinski definition) is 0. The monoisotopic (exact) mass is 310 g/mol. The second kappa shape index (κ2) is 5.25. The Morgan fingerprint density at radius 1 is 1.14 bits per heavy atom. The van der Waals surface area contributed by atoms with Crippen molar-refractivity contribution < 1.29 is 4.79 Å². The molecule has 0 saturated carbocycles. The van der Waals surface area contributed by atoms with Gasteiger partial charge < -0.3 is 0 Å². The molecule has 3 nitrogen and oxygen atoms in total. The molecule has 0 N–H and O–H groups in total. The molecule has 1 unspecified atom stereocenters. The van der Waals surface area contributed by atoms with Crippen molar-refractivity contribution in [2.45, 2.75) is 19.3 Å². The van der Waals surface area contributed by atoms with Gasteiger partial charge in [-0.15, -0.1) is 0 Å². The molecule has 0 aromatic heterocycles. The standard InChI is InChI=1S/C18H15ClN2O/c19-14-9-8-12-6-7-13-10-17(22)21(15-4-2-1-3-5-15)20-18(13)16(12)11-14/h1-5,8-9,11,13H,6-7,10H2. The first kappa shape index (κ1) is 13.5. The number of carbonyl (C=O) groups is 1. The van der Waals surface area contributed by atoms with Crippen LogP contribution in [0.15, 0.2) is 53.6 Å². The van der Waals surface area contributed by atoms with Gasteiger partial charge in [0, 0.05) is 22.9 Å². The maximum absolute atomic E-state index is 12.4. The van der Waals surface area contributed by atoms with E-state index in [4.69, 9.17) is 11.6 Å². The lowest BCUT2D eigenvalue weighted by Gasteiger charge is -2.33. The van der Waals surface area contributed by atoms with E-state index in [1.165, 1.54) is 10.6 Å². The lowest BCUT2D eigenvalue weighted by Crippen LogP contribution is -2.39. The minimum atomic E-state index is 0.0606. The second-order valence-electron chi connectivity index (χ2n) is 5.77. The number of rotatable bonds is 1. The Labute approximate surface area is 134 Å². The van der Waals surface area contributed by atoms with Crippen LogP contribution in [0.4, 0.5) is 5.69 Å². The van der Waals surface area contributed by atoms with E-state index >= 15 is 0 Å². The predicted molar refractivity (Wildman–Crippen MR) is 88.3 cm³/mol. The van der Waals surface area contributed by atoms with Crippen LogP contribution in [0, 0.1) is 5.92 Å². The summed E-state index contributed by atoms with van der Waals surface area (Å²) in [5.74, 6) is 0.267. The van der Waals surface area contributed by atoms with Crippen LogP contribution in [0.25, 0.3) is 0 Å². The molecular formula is C18H15ClN2O. The third-order valence-electron chi connectivity index (χ3n) is 4.36. The summed E-state index contributed by atoms with van der Waals surface area (Å²) in [6, 6.07) is 15.5. The number of hydrazone groups is 1. The number of benzene rings is 2. The number of anilines is 1. The van der Waals surface area contributed by atoms with Gasteiger partial charge in [0.05, 0.1) is 11.4 Å². The lowest BCUT2D eigenvalue weighted by atomic mass is 9.79. The molecule has 0 fully saturated rings. The number of aryl methyl sites for hydroxylation is 1. The SMILES string of the molecule is O=C1CC2CCc3ccc(Cl)cc3C2=NN1c1ccccc1. The zero-order valence-electron chi connectivity index (χ0n) is 12.0. The maximum Gasteiger partial charge on any atom is 0.248 e. The Morgan fingerprint density at radius 3 is 2.77 bits per heavy atom. The van der Waals surface area contributed by atoms with E-state index in [1.807, 2.05) is 42.5 Å². The largest absolute Gasteiger partial charge is 0.273 e. The minimum Gasteiger partial charge on any atom is -0.273 e. The second-order valence-corrected chi connectivity index (χ2v) is 6.20. The molecule has 4 heteroatoms. The van der Waals surface area contributed by atoms with Crippen molar-refractivity contribution >= 4 is 28.9 Å². The molecule has 1 amide bonds. The van der Waals surface area contributed by atoms with Gasteiger partial charge in [-0.25, -0.2) is 5.01 Å². The fraction of sp³-hybridized carbons (Fsp3) is 0.222. The van der Waals surface area contributed by atoms with Crippen molar-refractivity contribution in [3.05, 3.63) is 64.7 Å². The first-order chi connectivity index (χ1) is 10.7.